The van der Waals surface area contributed by atoms with E-state index < -0.39 is 0 Å². The van der Waals surface area contributed by atoms with Crippen LogP contribution >= 0.6 is 23.4 Å². The van der Waals surface area contributed by atoms with Crippen LogP contribution in [0, 0.1) is 0 Å². The summed E-state index contributed by atoms with van der Waals surface area (Å²) in [6.07, 6.45) is 0. The van der Waals surface area contributed by atoms with Crippen molar-refractivity contribution in [3.8, 4) is 5.75 Å². The number of carbonyl (C=O) groups is 1. The van der Waals surface area contributed by atoms with Crippen molar-refractivity contribution < 1.29 is 9.53 Å². The van der Waals surface area contributed by atoms with Gasteiger partial charge in [0.2, 0.25) is 0 Å². The smallest absolute Gasteiger partial charge is 0.163 e. The fourth-order valence-electron chi connectivity index (χ4n) is 1.73. The van der Waals surface area contributed by atoms with E-state index in [1.165, 1.54) is 11.8 Å². The molecule has 4 heteroatoms. The Morgan fingerprint density at radius 2 is 1.95 bits per heavy atom. The Morgan fingerprint density at radius 3 is 2.65 bits per heavy atom. The lowest BCUT2D eigenvalue weighted by Crippen LogP contribution is -2.04. The largest absolute Gasteiger partial charge is 0.492 e. The van der Waals surface area contributed by atoms with E-state index in [4.69, 9.17) is 16.3 Å². The van der Waals surface area contributed by atoms with Crippen molar-refractivity contribution in [2.45, 2.75) is 11.8 Å². The summed E-state index contributed by atoms with van der Waals surface area (Å²) in [6, 6.07) is 15.3. The van der Waals surface area contributed by atoms with E-state index in [0.29, 0.717) is 22.9 Å². The Bertz CT molecular complexity index is 584. The van der Waals surface area contributed by atoms with Crippen molar-refractivity contribution in [3.63, 3.8) is 0 Å². The number of rotatable bonds is 6. The van der Waals surface area contributed by atoms with Gasteiger partial charge in [-0.15, -0.1) is 11.8 Å². The van der Waals surface area contributed by atoms with E-state index in [-0.39, 0.29) is 5.78 Å². The van der Waals surface area contributed by atoms with Gasteiger partial charge in [-0.25, -0.2) is 0 Å². The van der Waals surface area contributed by atoms with E-state index in [2.05, 4.69) is 12.1 Å². The van der Waals surface area contributed by atoms with Gasteiger partial charge in [0.25, 0.3) is 0 Å². The lowest BCUT2D eigenvalue weighted by Gasteiger charge is -2.10. The molecule has 0 N–H and O–H groups in total. The molecule has 0 aliphatic carbocycles. The molecule has 0 radical (unpaired) electrons. The molecule has 0 amide bonds. The first-order chi connectivity index (χ1) is 9.66. The maximum atomic E-state index is 11.5. The third-order valence-corrected chi connectivity index (χ3v) is 3.89. The molecule has 0 aliphatic heterocycles. The molecule has 0 saturated heterocycles. The minimum Gasteiger partial charge on any atom is -0.492 e. The van der Waals surface area contributed by atoms with Crippen LogP contribution in [0.4, 0.5) is 0 Å². The molecule has 104 valence electrons. The predicted octanol–water partition coefficient (Wildman–Crippen LogP) is 4.71. The highest BCUT2D eigenvalue weighted by atomic mass is 35.5. The van der Waals surface area contributed by atoms with Crippen LogP contribution in [0.2, 0.25) is 5.02 Å². The third-order valence-electron chi connectivity index (χ3n) is 2.67. The highest BCUT2D eigenvalue weighted by molar-refractivity contribution is 7.99. The van der Waals surface area contributed by atoms with Crippen molar-refractivity contribution in [1.82, 2.24) is 0 Å². The number of thioether (sulfide) groups is 1. The summed E-state index contributed by atoms with van der Waals surface area (Å²) in [5.74, 6) is 1.37. The van der Waals surface area contributed by atoms with Gasteiger partial charge in [-0.3, -0.25) is 4.79 Å². The van der Waals surface area contributed by atoms with Gasteiger partial charge in [0.15, 0.2) is 5.78 Å². The number of halogens is 1. The summed E-state index contributed by atoms with van der Waals surface area (Å²) >= 11 is 7.61. The van der Waals surface area contributed by atoms with Crippen LogP contribution in [0.3, 0.4) is 0 Å². The van der Waals surface area contributed by atoms with E-state index in [9.17, 15) is 4.79 Å². The average molecular weight is 307 g/mol. The van der Waals surface area contributed by atoms with Crippen LogP contribution in [0.15, 0.2) is 53.4 Å². The second-order valence-corrected chi connectivity index (χ2v) is 5.81. The number of ether oxygens (including phenoxy) is 1. The lowest BCUT2D eigenvalue weighted by molar-refractivity contribution is 0.101. The highest BCUT2D eigenvalue weighted by Gasteiger charge is 2.09. The Labute approximate surface area is 128 Å². The van der Waals surface area contributed by atoms with Gasteiger partial charge >= 0.3 is 0 Å². The monoisotopic (exact) mass is 306 g/mol. The number of ketones is 1. The number of carbonyl (C=O) groups excluding carboxylic acids is 1. The average Bonchev–Trinajstić information content (AvgIpc) is 2.45. The van der Waals surface area contributed by atoms with Gasteiger partial charge in [0, 0.05) is 15.7 Å². The molecule has 2 rings (SSSR count). The molecule has 0 unspecified atom stereocenters. The first-order valence-electron chi connectivity index (χ1n) is 6.28. The van der Waals surface area contributed by atoms with Crippen molar-refractivity contribution in [3.05, 3.63) is 59.1 Å². The lowest BCUT2D eigenvalue weighted by atomic mass is 10.1. The molecule has 2 aromatic rings. The maximum Gasteiger partial charge on any atom is 0.163 e. The van der Waals surface area contributed by atoms with Crippen molar-refractivity contribution in [2.24, 2.45) is 0 Å². The summed E-state index contributed by atoms with van der Waals surface area (Å²) in [4.78, 5) is 12.7. The summed E-state index contributed by atoms with van der Waals surface area (Å²) in [7, 11) is 0. The Hall–Kier alpha value is -1.45. The highest BCUT2D eigenvalue weighted by Crippen LogP contribution is 2.24. The molecule has 0 heterocycles. The van der Waals surface area contributed by atoms with Gasteiger partial charge < -0.3 is 4.74 Å². The Kier molecular flexibility index (Phi) is 5.50. The molecule has 20 heavy (non-hydrogen) atoms. The van der Waals surface area contributed by atoms with Crippen LogP contribution in [0.1, 0.15) is 17.3 Å². The van der Waals surface area contributed by atoms with Gasteiger partial charge in [-0.2, -0.15) is 0 Å². The normalized spacial score (nSPS) is 10.3. The molecule has 2 aromatic carbocycles. The number of benzene rings is 2. The van der Waals surface area contributed by atoms with E-state index in [0.717, 1.165) is 5.75 Å². The van der Waals surface area contributed by atoms with E-state index in [1.54, 1.807) is 30.0 Å². The molecule has 0 aromatic heterocycles. The summed E-state index contributed by atoms with van der Waals surface area (Å²) in [5.41, 5.74) is 0.530. The molecule has 0 aliphatic rings. The van der Waals surface area contributed by atoms with E-state index in [1.807, 2.05) is 18.2 Å². The van der Waals surface area contributed by atoms with Gasteiger partial charge in [-0.1, -0.05) is 29.8 Å². The standard InChI is InChI=1S/C16H15ClO2S/c1-12(18)15-11-13(17)7-8-16(15)19-9-10-20-14-5-3-2-4-6-14/h2-8,11H,9-10H2,1H3. The first-order valence-corrected chi connectivity index (χ1v) is 7.64. The molecule has 0 atom stereocenters. The maximum absolute atomic E-state index is 11.5. The van der Waals surface area contributed by atoms with Gasteiger partial charge in [-0.05, 0) is 37.3 Å². The molecule has 0 bridgehead atoms. The fraction of sp³-hybridized carbons (Fsp3) is 0.188. The summed E-state index contributed by atoms with van der Waals surface area (Å²) < 4.78 is 5.67. The zero-order chi connectivity index (χ0) is 14.4. The molecule has 0 spiro atoms. The third kappa shape index (κ3) is 4.29. The molecule has 0 saturated carbocycles. The number of Topliss-reactive ketones (excluding diaryl/α,β-unsaturated/α-hetero) is 1. The summed E-state index contributed by atoms with van der Waals surface area (Å²) in [5, 5.41) is 0.543. The zero-order valence-electron chi connectivity index (χ0n) is 11.1. The van der Waals surface area contributed by atoms with Crippen LogP contribution in [-0.4, -0.2) is 18.1 Å². The predicted molar refractivity (Wildman–Crippen MR) is 84.1 cm³/mol. The number of hydrogen-bond donors (Lipinski definition) is 0. The Morgan fingerprint density at radius 1 is 1.20 bits per heavy atom. The molecular weight excluding hydrogens is 292 g/mol. The van der Waals surface area contributed by atoms with Gasteiger partial charge in [0.05, 0.1) is 12.2 Å². The second kappa shape index (κ2) is 7.36. The zero-order valence-corrected chi connectivity index (χ0v) is 12.7. The Balaban J connectivity index is 1.90. The summed E-state index contributed by atoms with van der Waals surface area (Å²) in [6.45, 7) is 2.05. The van der Waals surface area contributed by atoms with E-state index >= 15 is 0 Å². The van der Waals surface area contributed by atoms with Crippen LogP contribution in [0.5, 0.6) is 5.75 Å². The van der Waals surface area contributed by atoms with Crippen LogP contribution in [0.25, 0.3) is 0 Å². The van der Waals surface area contributed by atoms with Crippen LogP contribution < -0.4 is 4.74 Å². The van der Waals surface area contributed by atoms with Gasteiger partial charge in [0.1, 0.15) is 5.75 Å². The SMILES string of the molecule is CC(=O)c1cc(Cl)ccc1OCCSc1ccccc1. The van der Waals surface area contributed by atoms with Crippen molar-refractivity contribution >= 4 is 29.1 Å². The van der Waals surface area contributed by atoms with Crippen molar-refractivity contribution in [1.29, 1.82) is 0 Å². The molecule has 0 fully saturated rings. The minimum atomic E-state index is -0.0433. The number of hydrogen-bond acceptors (Lipinski definition) is 3. The fourth-order valence-corrected chi connectivity index (χ4v) is 2.66. The quantitative estimate of drug-likeness (QED) is 0.439. The molecular formula is C16H15ClO2S. The van der Waals surface area contributed by atoms with Crippen LogP contribution in [-0.2, 0) is 0 Å². The minimum absolute atomic E-state index is 0.0433. The topological polar surface area (TPSA) is 26.3 Å². The first kappa shape index (κ1) is 14.9. The second-order valence-electron chi connectivity index (χ2n) is 4.21. The van der Waals surface area contributed by atoms with Crippen molar-refractivity contribution in [2.75, 3.05) is 12.4 Å². The molecule has 2 nitrogen and oxygen atoms in total.